The molecule has 0 atom stereocenters. The van der Waals surface area contributed by atoms with Crippen molar-refractivity contribution in [2.24, 2.45) is 0 Å². The van der Waals surface area contributed by atoms with Crippen LogP contribution < -0.4 is 26.7 Å². The normalized spacial score (nSPS) is 11.1. The van der Waals surface area contributed by atoms with Gasteiger partial charge in [0.1, 0.15) is 5.69 Å². The molecule has 3 aromatic rings. The van der Waals surface area contributed by atoms with Crippen molar-refractivity contribution < 1.29 is 9.15 Å². The van der Waals surface area contributed by atoms with E-state index in [4.69, 9.17) is 9.15 Å². The highest BCUT2D eigenvalue weighted by molar-refractivity contribution is 5.89. The quantitative estimate of drug-likeness (QED) is 0.684. The lowest BCUT2D eigenvalue weighted by atomic mass is 10.2. The number of H-pyrrole nitrogens is 1. The molecular formula is C13H10N2O5. The molecule has 20 heavy (non-hydrogen) atoms. The van der Waals surface area contributed by atoms with Gasteiger partial charge in [0.15, 0.2) is 11.3 Å². The van der Waals surface area contributed by atoms with Crippen LogP contribution in [0.25, 0.3) is 11.1 Å². The second-order valence-electron chi connectivity index (χ2n) is 4.12. The van der Waals surface area contributed by atoms with Crippen molar-refractivity contribution in [3.05, 3.63) is 49.2 Å². The molecule has 0 saturated carbocycles. The van der Waals surface area contributed by atoms with Crippen LogP contribution in [0.3, 0.4) is 0 Å². The van der Waals surface area contributed by atoms with Crippen LogP contribution in [0.5, 0.6) is 5.75 Å². The highest BCUT2D eigenvalue weighted by atomic mass is 16.5. The van der Waals surface area contributed by atoms with Crippen molar-refractivity contribution >= 4 is 22.5 Å². The van der Waals surface area contributed by atoms with Gasteiger partial charge < -0.3 is 14.5 Å². The number of nitrogens with one attached hydrogen (secondary N) is 2. The van der Waals surface area contributed by atoms with Gasteiger partial charge in [0, 0.05) is 0 Å². The summed E-state index contributed by atoms with van der Waals surface area (Å²) in [6, 6.07) is 4.98. The third-order valence-electron chi connectivity index (χ3n) is 2.86. The Balaban J connectivity index is 2.06. The maximum Gasteiger partial charge on any atom is 0.417 e. The van der Waals surface area contributed by atoms with Gasteiger partial charge in [-0.1, -0.05) is 6.07 Å². The molecule has 7 heteroatoms. The van der Waals surface area contributed by atoms with E-state index in [0.717, 1.165) is 0 Å². The molecule has 0 radical (unpaired) electrons. The Labute approximate surface area is 111 Å². The van der Waals surface area contributed by atoms with E-state index in [2.05, 4.69) is 10.3 Å². The minimum Gasteiger partial charge on any atom is -0.488 e. The third-order valence-corrected chi connectivity index (χ3v) is 2.86. The smallest absolute Gasteiger partial charge is 0.417 e. The highest BCUT2D eigenvalue weighted by Crippen LogP contribution is 2.27. The summed E-state index contributed by atoms with van der Waals surface area (Å²) in [6.45, 7) is 2.00. The number of aromatic nitrogens is 1. The van der Waals surface area contributed by atoms with E-state index < -0.39 is 16.6 Å². The topological polar surface area (TPSA) is 101 Å². The molecule has 3 rings (SSSR count). The molecule has 0 aliphatic heterocycles. The second-order valence-corrected chi connectivity index (χ2v) is 4.12. The van der Waals surface area contributed by atoms with Crippen molar-refractivity contribution in [3.8, 4) is 5.75 Å². The number of anilines is 2. The van der Waals surface area contributed by atoms with E-state index in [9.17, 15) is 14.4 Å². The van der Waals surface area contributed by atoms with Crippen LogP contribution in [-0.2, 0) is 0 Å². The van der Waals surface area contributed by atoms with Gasteiger partial charge in [-0.2, -0.15) is 0 Å². The predicted octanol–water partition coefficient (Wildman–Crippen LogP) is 0.859. The first-order valence-electron chi connectivity index (χ1n) is 5.96. The van der Waals surface area contributed by atoms with Crippen molar-refractivity contribution in [2.45, 2.75) is 6.92 Å². The van der Waals surface area contributed by atoms with Crippen LogP contribution in [0.2, 0.25) is 0 Å². The molecule has 0 saturated heterocycles. The number of ether oxygens (including phenoxy) is 1. The van der Waals surface area contributed by atoms with E-state index in [0.29, 0.717) is 11.2 Å². The molecule has 0 aliphatic rings. The number of hydrogen-bond acceptors (Lipinski definition) is 6. The Bertz CT molecular complexity index is 911. The first-order chi connectivity index (χ1) is 9.61. The summed E-state index contributed by atoms with van der Waals surface area (Å²) >= 11 is 0. The summed E-state index contributed by atoms with van der Waals surface area (Å²) in [5.74, 6) is -0.586. The Hall–Kier alpha value is -2.83. The maximum absolute atomic E-state index is 11.5. The zero-order valence-electron chi connectivity index (χ0n) is 10.5. The number of para-hydroxylation sites is 1. The lowest BCUT2D eigenvalue weighted by molar-refractivity contribution is 0.335. The number of aromatic amines is 1. The highest BCUT2D eigenvalue weighted by Gasteiger charge is 2.23. The molecule has 7 nitrogen and oxygen atoms in total. The molecule has 0 unspecified atom stereocenters. The van der Waals surface area contributed by atoms with E-state index in [1.165, 1.54) is 0 Å². The Morgan fingerprint density at radius 3 is 2.80 bits per heavy atom. The molecule has 0 bridgehead atoms. The number of benzene rings is 1. The molecule has 1 aromatic heterocycles. The fourth-order valence-corrected chi connectivity index (χ4v) is 1.97. The van der Waals surface area contributed by atoms with Gasteiger partial charge in [-0.3, -0.25) is 14.6 Å². The van der Waals surface area contributed by atoms with Gasteiger partial charge in [-0.25, -0.2) is 4.79 Å². The van der Waals surface area contributed by atoms with Crippen molar-refractivity contribution in [1.82, 2.24) is 4.98 Å². The number of fused-ring (bicyclic) bond motifs is 1. The lowest BCUT2D eigenvalue weighted by Crippen LogP contribution is -2.35. The van der Waals surface area contributed by atoms with Gasteiger partial charge in [0.2, 0.25) is 0 Å². The minimum atomic E-state index is -0.656. The van der Waals surface area contributed by atoms with E-state index in [-0.39, 0.29) is 23.6 Å². The molecule has 2 aromatic carbocycles. The Morgan fingerprint density at radius 2 is 2.05 bits per heavy atom. The first-order valence-corrected chi connectivity index (χ1v) is 5.96. The summed E-state index contributed by atoms with van der Waals surface area (Å²) in [5, 5.41) is 2.78. The molecule has 1 heterocycles. The van der Waals surface area contributed by atoms with Crippen molar-refractivity contribution in [3.63, 3.8) is 0 Å². The fraction of sp³-hybridized carbons (Fsp3) is 0.154. The van der Waals surface area contributed by atoms with Gasteiger partial charge >= 0.3 is 5.76 Å². The second kappa shape index (κ2) is 4.37. The number of hydrogen-bond donors (Lipinski definition) is 2. The molecular weight excluding hydrogens is 264 g/mol. The van der Waals surface area contributed by atoms with E-state index >= 15 is 0 Å². The summed E-state index contributed by atoms with van der Waals surface area (Å²) in [6.07, 6.45) is 0. The SMILES string of the molecule is CCOc1c(Nc2cccc3[nH]c(=O)oc23)c(=O)c1=O. The summed E-state index contributed by atoms with van der Waals surface area (Å²) in [7, 11) is 0. The largest absolute Gasteiger partial charge is 0.488 e. The van der Waals surface area contributed by atoms with E-state index in [1.54, 1.807) is 25.1 Å². The molecule has 102 valence electrons. The monoisotopic (exact) mass is 274 g/mol. The van der Waals surface area contributed by atoms with Gasteiger partial charge in [0.05, 0.1) is 17.8 Å². The van der Waals surface area contributed by atoms with Crippen LogP contribution in [0, 0.1) is 0 Å². The van der Waals surface area contributed by atoms with Crippen LogP contribution >= 0.6 is 0 Å². The predicted molar refractivity (Wildman–Crippen MR) is 72.6 cm³/mol. The van der Waals surface area contributed by atoms with Crippen molar-refractivity contribution in [1.29, 1.82) is 0 Å². The zero-order chi connectivity index (χ0) is 14.3. The van der Waals surface area contributed by atoms with Gasteiger partial charge in [0.25, 0.3) is 10.9 Å². The lowest BCUT2D eigenvalue weighted by Gasteiger charge is -2.12. The minimum absolute atomic E-state index is 0.00684. The zero-order valence-corrected chi connectivity index (χ0v) is 10.5. The molecule has 0 fully saturated rings. The average molecular weight is 274 g/mol. The first kappa shape index (κ1) is 12.2. The summed E-state index contributed by atoms with van der Waals surface area (Å²) in [5.41, 5.74) is -0.0351. The molecule has 2 N–H and O–H groups in total. The van der Waals surface area contributed by atoms with Crippen LogP contribution in [0.4, 0.5) is 11.4 Å². The molecule has 0 aliphatic carbocycles. The fourth-order valence-electron chi connectivity index (χ4n) is 1.97. The summed E-state index contributed by atoms with van der Waals surface area (Å²) in [4.78, 5) is 36.6. The Morgan fingerprint density at radius 1 is 1.25 bits per heavy atom. The van der Waals surface area contributed by atoms with Crippen LogP contribution in [0.15, 0.2) is 37.0 Å². The number of rotatable bonds is 4. The van der Waals surface area contributed by atoms with E-state index in [1.807, 2.05) is 0 Å². The van der Waals surface area contributed by atoms with Crippen molar-refractivity contribution in [2.75, 3.05) is 11.9 Å². The summed E-state index contributed by atoms with van der Waals surface area (Å²) < 4.78 is 10.1. The standard InChI is InChI=1S/C13H10N2O5/c1-2-19-12-8(9(16)10(12)17)14-6-4-3-5-7-11(6)20-13(18)15-7/h3-5,14H,2H2,1H3,(H,15,18). The molecule has 0 spiro atoms. The van der Waals surface area contributed by atoms with Gasteiger partial charge in [-0.05, 0) is 19.1 Å². The van der Waals surface area contributed by atoms with Gasteiger partial charge in [-0.15, -0.1) is 0 Å². The Kier molecular flexibility index (Phi) is 2.67. The van der Waals surface area contributed by atoms with Crippen LogP contribution in [-0.4, -0.2) is 11.6 Å². The number of oxazole rings is 1. The molecule has 0 amide bonds. The third kappa shape index (κ3) is 1.71. The average Bonchev–Trinajstić information content (AvgIpc) is 2.83. The maximum atomic E-state index is 11.5. The van der Waals surface area contributed by atoms with Crippen LogP contribution in [0.1, 0.15) is 6.92 Å².